The number of hydrogen-bond donors (Lipinski definition) is 1. The summed E-state index contributed by atoms with van der Waals surface area (Å²) < 4.78 is 1.35. The molecule has 0 fully saturated rings. The first-order valence-electron chi connectivity index (χ1n) is 8.18. The van der Waals surface area contributed by atoms with Gasteiger partial charge >= 0.3 is 5.97 Å². The van der Waals surface area contributed by atoms with Crippen LogP contribution < -0.4 is 0 Å². The van der Waals surface area contributed by atoms with Crippen LogP contribution in [-0.2, 0) is 20.1 Å². The van der Waals surface area contributed by atoms with Gasteiger partial charge in [0.25, 0.3) is 5.91 Å². The zero-order chi connectivity index (χ0) is 18.5. The molecule has 0 atom stereocenters. The number of carboxylic acid groups (broad SMARTS) is 1. The quantitative estimate of drug-likeness (QED) is 0.742. The molecule has 6 heteroatoms. The molecule has 0 saturated carbocycles. The molecule has 0 unspecified atom stereocenters. The van der Waals surface area contributed by atoms with Crippen molar-refractivity contribution in [2.24, 2.45) is 7.05 Å². The van der Waals surface area contributed by atoms with E-state index in [0.29, 0.717) is 13.1 Å². The van der Waals surface area contributed by atoms with Crippen LogP contribution in [0, 0.1) is 0 Å². The van der Waals surface area contributed by atoms with Crippen LogP contribution in [-0.4, -0.2) is 31.7 Å². The van der Waals surface area contributed by atoms with E-state index in [4.69, 9.17) is 0 Å². The summed E-state index contributed by atoms with van der Waals surface area (Å²) in [6, 6.07) is 19.2. The number of carboxylic acids is 1. The summed E-state index contributed by atoms with van der Waals surface area (Å²) in [4.78, 5) is 26.2. The molecule has 2 aromatic carbocycles. The summed E-state index contributed by atoms with van der Waals surface area (Å²) in [7, 11) is 1.60. The van der Waals surface area contributed by atoms with Crippen LogP contribution in [0.5, 0.6) is 0 Å². The number of aromatic nitrogens is 2. The maximum Gasteiger partial charge on any atom is 0.357 e. The molecule has 0 saturated heterocycles. The first-order valence-corrected chi connectivity index (χ1v) is 8.18. The fourth-order valence-corrected chi connectivity index (χ4v) is 2.78. The van der Waals surface area contributed by atoms with Crippen LogP contribution in [0.3, 0.4) is 0 Å². The van der Waals surface area contributed by atoms with Gasteiger partial charge in [0.1, 0.15) is 0 Å². The van der Waals surface area contributed by atoms with E-state index < -0.39 is 5.97 Å². The summed E-state index contributed by atoms with van der Waals surface area (Å²) in [5.41, 5.74) is 1.80. The minimum absolute atomic E-state index is 0.0897. The van der Waals surface area contributed by atoms with Crippen molar-refractivity contribution in [3.05, 3.63) is 89.2 Å². The zero-order valence-corrected chi connectivity index (χ0v) is 14.4. The summed E-state index contributed by atoms with van der Waals surface area (Å²) >= 11 is 0. The number of benzene rings is 2. The molecule has 1 amide bonds. The van der Waals surface area contributed by atoms with Gasteiger partial charge in [0.2, 0.25) is 0 Å². The van der Waals surface area contributed by atoms with E-state index in [1.807, 2.05) is 60.7 Å². The molecule has 6 nitrogen and oxygen atoms in total. The molecule has 0 radical (unpaired) electrons. The third-order valence-corrected chi connectivity index (χ3v) is 3.98. The number of amides is 1. The molecule has 0 bridgehead atoms. The van der Waals surface area contributed by atoms with Gasteiger partial charge in [-0.2, -0.15) is 5.10 Å². The lowest BCUT2D eigenvalue weighted by Gasteiger charge is -2.23. The van der Waals surface area contributed by atoms with Crippen molar-refractivity contribution < 1.29 is 14.7 Å². The molecule has 0 aliphatic heterocycles. The van der Waals surface area contributed by atoms with Gasteiger partial charge in [0.15, 0.2) is 5.69 Å². The minimum Gasteiger partial charge on any atom is -0.476 e. The number of hydrogen-bond acceptors (Lipinski definition) is 3. The second kappa shape index (κ2) is 7.65. The average molecular weight is 349 g/mol. The first kappa shape index (κ1) is 17.4. The molecule has 0 spiro atoms. The lowest BCUT2D eigenvalue weighted by Crippen LogP contribution is -2.31. The van der Waals surface area contributed by atoms with Crippen molar-refractivity contribution in [1.82, 2.24) is 14.7 Å². The lowest BCUT2D eigenvalue weighted by molar-refractivity contribution is 0.0663. The van der Waals surface area contributed by atoms with Crippen molar-refractivity contribution >= 4 is 11.9 Å². The highest BCUT2D eigenvalue weighted by Crippen LogP contribution is 2.16. The van der Waals surface area contributed by atoms with Gasteiger partial charge in [-0.05, 0) is 11.1 Å². The Kier molecular flexibility index (Phi) is 5.12. The zero-order valence-electron chi connectivity index (χ0n) is 14.4. The number of rotatable bonds is 6. The molecule has 1 heterocycles. The monoisotopic (exact) mass is 349 g/mol. The Labute approximate surface area is 151 Å². The second-order valence-electron chi connectivity index (χ2n) is 6.00. The number of carbonyl (C=O) groups is 2. The van der Waals surface area contributed by atoms with E-state index in [0.717, 1.165) is 11.1 Å². The smallest absolute Gasteiger partial charge is 0.357 e. The average Bonchev–Trinajstić information content (AvgIpc) is 3.04. The maximum absolute atomic E-state index is 13.1. The molecule has 26 heavy (non-hydrogen) atoms. The standard InChI is InChI=1S/C20H19N3O3/c1-22-14-17(18(21-22)20(25)26)19(24)23(12-15-8-4-2-5-9-15)13-16-10-6-3-7-11-16/h2-11,14H,12-13H2,1H3,(H,25,26). The fourth-order valence-electron chi connectivity index (χ4n) is 2.78. The number of carbonyl (C=O) groups excluding carboxylic acids is 1. The van der Waals surface area contributed by atoms with Crippen molar-refractivity contribution in [1.29, 1.82) is 0 Å². The predicted molar refractivity (Wildman–Crippen MR) is 96.6 cm³/mol. The Morgan fingerprint density at radius 1 is 0.962 bits per heavy atom. The normalized spacial score (nSPS) is 10.5. The molecule has 0 aliphatic rings. The Morgan fingerprint density at radius 2 is 1.46 bits per heavy atom. The maximum atomic E-state index is 13.1. The van der Waals surface area contributed by atoms with Crippen LogP contribution in [0.1, 0.15) is 32.0 Å². The third-order valence-electron chi connectivity index (χ3n) is 3.98. The van der Waals surface area contributed by atoms with E-state index in [2.05, 4.69) is 5.10 Å². The van der Waals surface area contributed by atoms with Gasteiger partial charge in [0.05, 0.1) is 5.56 Å². The van der Waals surface area contributed by atoms with E-state index >= 15 is 0 Å². The van der Waals surface area contributed by atoms with E-state index in [1.165, 1.54) is 10.9 Å². The number of nitrogens with zero attached hydrogens (tertiary/aromatic N) is 3. The number of aromatic carboxylic acids is 1. The van der Waals surface area contributed by atoms with Crippen LogP contribution in [0.4, 0.5) is 0 Å². The highest BCUT2D eigenvalue weighted by molar-refractivity contribution is 6.03. The molecule has 1 aromatic heterocycles. The SMILES string of the molecule is Cn1cc(C(=O)N(Cc2ccccc2)Cc2ccccc2)c(C(=O)O)n1. The third kappa shape index (κ3) is 3.97. The molecule has 132 valence electrons. The Balaban J connectivity index is 1.94. The summed E-state index contributed by atoms with van der Waals surface area (Å²) in [6.07, 6.45) is 1.45. The van der Waals surface area contributed by atoms with Crippen molar-refractivity contribution in [2.45, 2.75) is 13.1 Å². The van der Waals surface area contributed by atoms with Crippen molar-refractivity contribution in [3.8, 4) is 0 Å². The van der Waals surface area contributed by atoms with Gasteiger partial charge in [-0.25, -0.2) is 4.79 Å². The van der Waals surface area contributed by atoms with Gasteiger partial charge in [0, 0.05) is 26.3 Å². The van der Waals surface area contributed by atoms with E-state index in [1.54, 1.807) is 11.9 Å². The van der Waals surface area contributed by atoms with E-state index in [9.17, 15) is 14.7 Å². The van der Waals surface area contributed by atoms with Gasteiger partial charge in [-0.1, -0.05) is 60.7 Å². The minimum atomic E-state index is -1.21. The Bertz CT molecular complexity index is 863. The predicted octanol–water partition coefficient (Wildman–Crippen LogP) is 2.96. The van der Waals surface area contributed by atoms with Crippen LogP contribution >= 0.6 is 0 Å². The molecule has 3 rings (SSSR count). The Hall–Kier alpha value is -3.41. The second-order valence-corrected chi connectivity index (χ2v) is 6.00. The molecule has 1 N–H and O–H groups in total. The summed E-state index contributed by atoms with van der Waals surface area (Å²) in [5, 5.41) is 13.2. The van der Waals surface area contributed by atoms with E-state index in [-0.39, 0.29) is 17.2 Å². The summed E-state index contributed by atoms with van der Waals surface area (Å²) in [5.74, 6) is -1.57. The van der Waals surface area contributed by atoms with Crippen LogP contribution in [0.15, 0.2) is 66.9 Å². The molecular weight excluding hydrogens is 330 g/mol. The van der Waals surface area contributed by atoms with Crippen LogP contribution in [0.25, 0.3) is 0 Å². The van der Waals surface area contributed by atoms with Crippen molar-refractivity contribution in [2.75, 3.05) is 0 Å². The van der Waals surface area contributed by atoms with Gasteiger partial charge in [-0.3, -0.25) is 9.48 Å². The Morgan fingerprint density at radius 3 is 1.92 bits per heavy atom. The van der Waals surface area contributed by atoms with Gasteiger partial charge in [-0.15, -0.1) is 0 Å². The highest BCUT2D eigenvalue weighted by atomic mass is 16.4. The lowest BCUT2D eigenvalue weighted by atomic mass is 10.1. The fraction of sp³-hybridized carbons (Fsp3) is 0.150. The van der Waals surface area contributed by atoms with Crippen LogP contribution in [0.2, 0.25) is 0 Å². The first-order chi connectivity index (χ1) is 12.5. The highest BCUT2D eigenvalue weighted by Gasteiger charge is 2.25. The summed E-state index contributed by atoms with van der Waals surface area (Å²) in [6.45, 7) is 0.755. The molecular formula is C20H19N3O3. The molecule has 3 aromatic rings. The molecule has 0 aliphatic carbocycles. The van der Waals surface area contributed by atoms with Crippen molar-refractivity contribution in [3.63, 3.8) is 0 Å². The largest absolute Gasteiger partial charge is 0.476 e. The topological polar surface area (TPSA) is 75.4 Å². The van der Waals surface area contributed by atoms with Gasteiger partial charge < -0.3 is 10.0 Å². The number of aryl methyl sites for hydroxylation is 1.